The highest BCUT2D eigenvalue weighted by atomic mass is 35.5. The number of hydrogen-bond donors (Lipinski definition) is 0. The first-order chi connectivity index (χ1) is 8.67. The van der Waals surface area contributed by atoms with Crippen LogP contribution in [0.15, 0.2) is 18.2 Å². The number of benzene rings is 1. The van der Waals surface area contributed by atoms with E-state index in [0.29, 0.717) is 18.2 Å². The van der Waals surface area contributed by atoms with E-state index in [1.807, 2.05) is 6.92 Å². The summed E-state index contributed by atoms with van der Waals surface area (Å²) in [4.78, 5) is 0. The van der Waals surface area contributed by atoms with Crippen LogP contribution in [0.25, 0.3) is 0 Å². The molecule has 0 unspecified atom stereocenters. The zero-order valence-electron chi connectivity index (χ0n) is 9.83. The van der Waals surface area contributed by atoms with Crippen LogP contribution in [-0.2, 0) is 18.8 Å². The molecular formula is C12H12ClF2N3. The molecule has 0 aliphatic heterocycles. The minimum absolute atomic E-state index is 0.000669. The lowest BCUT2D eigenvalue weighted by atomic mass is 10.1. The normalized spacial score (nSPS) is 10.9. The second kappa shape index (κ2) is 5.44. The van der Waals surface area contributed by atoms with Gasteiger partial charge in [0.15, 0.2) is 0 Å². The number of rotatable bonds is 4. The molecular weight excluding hydrogens is 260 g/mol. The van der Waals surface area contributed by atoms with E-state index in [9.17, 15) is 8.78 Å². The number of halogens is 3. The molecule has 6 heteroatoms. The molecule has 3 nitrogen and oxygen atoms in total. The predicted octanol–water partition coefficient (Wildman–Crippen LogP) is 2.91. The summed E-state index contributed by atoms with van der Waals surface area (Å²) in [5.74, 6) is 0.185. The lowest BCUT2D eigenvalue weighted by Crippen LogP contribution is -2.07. The largest absolute Gasteiger partial charge is 0.314 e. The summed E-state index contributed by atoms with van der Waals surface area (Å²) in [6, 6.07) is 3.80. The fraction of sp³-hybridized carbons (Fsp3) is 0.333. The van der Waals surface area contributed by atoms with Crippen LogP contribution in [-0.4, -0.2) is 14.8 Å². The van der Waals surface area contributed by atoms with E-state index in [2.05, 4.69) is 10.2 Å². The van der Waals surface area contributed by atoms with Gasteiger partial charge < -0.3 is 4.57 Å². The van der Waals surface area contributed by atoms with Gasteiger partial charge in [0, 0.05) is 18.5 Å². The van der Waals surface area contributed by atoms with Crippen molar-refractivity contribution < 1.29 is 8.78 Å². The van der Waals surface area contributed by atoms with Crippen molar-refractivity contribution in [3.05, 3.63) is 47.0 Å². The monoisotopic (exact) mass is 271 g/mol. The molecule has 1 heterocycles. The summed E-state index contributed by atoms with van der Waals surface area (Å²) < 4.78 is 28.8. The number of nitrogens with zero attached hydrogens (tertiary/aromatic N) is 3. The molecule has 0 spiro atoms. The Kier molecular flexibility index (Phi) is 3.91. The maximum absolute atomic E-state index is 13.5. The van der Waals surface area contributed by atoms with Crippen LogP contribution in [0.4, 0.5) is 8.78 Å². The van der Waals surface area contributed by atoms with Crippen molar-refractivity contribution in [3.63, 3.8) is 0 Å². The zero-order chi connectivity index (χ0) is 13.1. The highest BCUT2D eigenvalue weighted by molar-refractivity contribution is 6.16. The lowest BCUT2D eigenvalue weighted by molar-refractivity contribution is 0.555. The van der Waals surface area contributed by atoms with E-state index in [1.165, 1.54) is 18.2 Å². The van der Waals surface area contributed by atoms with E-state index < -0.39 is 11.6 Å². The van der Waals surface area contributed by atoms with Gasteiger partial charge in [0.25, 0.3) is 0 Å². The maximum atomic E-state index is 13.5. The van der Waals surface area contributed by atoms with Gasteiger partial charge in [0.05, 0.1) is 5.88 Å². The molecule has 96 valence electrons. The van der Waals surface area contributed by atoms with Gasteiger partial charge in [-0.3, -0.25) is 0 Å². The molecule has 0 saturated carbocycles. The van der Waals surface area contributed by atoms with E-state index in [0.717, 1.165) is 0 Å². The Balaban J connectivity index is 2.37. The third kappa shape index (κ3) is 2.36. The van der Waals surface area contributed by atoms with E-state index in [4.69, 9.17) is 11.6 Å². The number of hydrogen-bond acceptors (Lipinski definition) is 2. The third-order valence-corrected chi connectivity index (χ3v) is 2.98. The lowest BCUT2D eigenvalue weighted by Gasteiger charge is -2.07. The molecule has 0 atom stereocenters. The van der Waals surface area contributed by atoms with Gasteiger partial charge in [0.1, 0.15) is 23.3 Å². The molecule has 1 aromatic heterocycles. The minimum Gasteiger partial charge on any atom is -0.314 e. The molecule has 0 fully saturated rings. The van der Waals surface area contributed by atoms with Gasteiger partial charge in [-0.1, -0.05) is 6.07 Å². The Bertz CT molecular complexity index is 534. The Morgan fingerprint density at radius 1 is 1.17 bits per heavy atom. The fourth-order valence-corrected chi connectivity index (χ4v) is 2.02. The molecule has 1 aromatic carbocycles. The first-order valence-corrected chi connectivity index (χ1v) is 6.10. The summed E-state index contributed by atoms with van der Waals surface area (Å²) >= 11 is 5.72. The third-order valence-electron chi connectivity index (χ3n) is 2.74. The predicted molar refractivity (Wildman–Crippen MR) is 64.4 cm³/mol. The van der Waals surface area contributed by atoms with Crippen LogP contribution in [0.3, 0.4) is 0 Å². The van der Waals surface area contributed by atoms with Gasteiger partial charge in [-0.05, 0) is 19.1 Å². The highest BCUT2D eigenvalue weighted by Crippen LogP contribution is 2.17. The van der Waals surface area contributed by atoms with Gasteiger partial charge >= 0.3 is 0 Å². The van der Waals surface area contributed by atoms with E-state index >= 15 is 0 Å². The number of alkyl halides is 1. The molecule has 0 radical (unpaired) electrons. The van der Waals surface area contributed by atoms with Crippen molar-refractivity contribution in [2.75, 3.05) is 0 Å². The zero-order valence-corrected chi connectivity index (χ0v) is 10.6. The Morgan fingerprint density at radius 3 is 2.33 bits per heavy atom. The van der Waals surface area contributed by atoms with Crippen LogP contribution in [0.1, 0.15) is 24.1 Å². The second-order valence-corrected chi connectivity index (χ2v) is 4.05. The highest BCUT2D eigenvalue weighted by Gasteiger charge is 2.15. The molecule has 0 saturated heterocycles. The summed E-state index contributed by atoms with van der Waals surface area (Å²) in [5.41, 5.74) is 0.000669. The summed E-state index contributed by atoms with van der Waals surface area (Å²) in [6.07, 6.45) is 0.0657. The van der Waals surface area contributed by atoms with Crippen molar-refractivity contribution in [2.24, 2.45) is 0 Å². The van der Waals surface area contributed by atoms with Gasteiger partial charge in [-0.25, -0.2) is 8.78 Å². The van der Waals surface area contributed by atoms with Crippen molar-refractivity contribution in [1.29, 1.82) is 0 Å². The summed E-state index contributed by atoms with van der Waals surface area (Å²) in [5, 5.41) is 7.83. The topological polar surface area (TPSA) is 30.7 Å². The van der Waals surface area contributed by atoms with Crippen LogP contribution in [0, 0.1) is 11.6 Å². The van der Waals surface area contributed by atoms with Gasteiger partial charge in [-0.15, -0.1) is 21.8 Å². The molecule has 0 bridgehead atoms. The smallest absolute Gasteiger partial charge is 0.147 e. The summed E-state index contributed by atoms with van der Waals surface area (Å²) in [7, 11) is 0. The van der Waals surface area contributed by atoms with E-state index in [-0.39, 0.29) is 17.9 Å². The molecule has 2 aromatic rings. The first kappa shape index (κ1) is 13.0. The Hall–Kier alpha value is -1.49. The van der Waals surface area contributed by atoms with Gasteiger partial charge in [0.2, 0.25) is 0 Å². The average molecular weight is 272 g/mol. The fourth-order valence-electron chi connectivity index (χ4n) is 1.83. The van der Waals surface area contributed by atoms with Crippen molar-refractivity contribution in [1.82, 2.24) is 14.8 Å². The van der Waals surface area contributed by atoms with E-state index in [1.54, 1.807) is 4.57 Å². The van der Waals surface area contributed by atoms with Crippen LogP contribution >= 0.6 is 11.6 Å². The number of aromatic nitrogens is 3. The molecule has 2 rings (SSSR count). The Morgan fingerprint density at radius 2 is 1.78 bits per heavy atom. The van der Waals surface area contributed by atoms with Crippen molar-refractivity contribution in [2.45, 2.75) is 25.8 Å². The standard InChI is InChI=1S/C12H12ClF2N3/c1-2-18-11(16-17-12(18)7-13)6-8-9(14)4-3-5-10(8)15/h3-5H,2,6-7H2,1H3. The molecule has 0 aliphatic rings. The van der Waals surface area contributed by atoms with Crippen LogP contribution in [0.2, 0.25) is 0 Å². The maximum Gasteiger partial charge on any atom is 0.147 e. The SMILES string of the molecule is CCn1c(CCl)nnc1Cc1c(F)cccc1F. The quantitative estimate of drug-likeness (QED) is 0.801. The molecule has 0 aliphatic carbocycles. The summed E-state index contributed by atoms with van der Waals surface area (Å²) in [6.45, 7) is 2.51. The van der Waals surface area contributed by atoms with Crippen LogP contribution in [0.5, 0.6) is 0 Å². The molecule has 18 heavy (non-hydrogen) atoms. The minimum atomic E-state index is -0.576. The second-order valence-electron chi connectivity index (χ2n) is 3.79. The van der Waals surface area contributed by atoms with Crippen molar-refractivity contribution in [3.8, 4) is 0 Å². The molecule has 0 N–H and O–H groups in total. The average Bonchev–Trinajstić information content (AvgIpc) is 2.75. The Labute approximate surface area is 108 Å². The molecule has 0 amide bonds. The first-order valence-electron chi connectivity index (χ1n) is 5.57. The van der Waals surface area contributed by atoms with Crippen LogP contribution < -0.4 is 0 Å². The van der Waals surface area contributed by atoms with Crippen molar-refractivity contribution >= 4 is 11.6 Å². The van der Waals surface area contributed by atoms with Gasteiger partial charge in [-0.2, -0.15) is 0 Å².